The normalized spacial score (nSPS) is 16.4. The number of carbonyl (C=O) groups is 3. The van der Waals surface area contributed by atoms with Gasteiger partial charge in [-0.1, -0.05) is 62.1 Å². The number of aliphatic hydroxyl groups is 1. The summed E-state index contributed by atoms with van der Waals surface area (Å²) in [5.41, 5.74) is 3.15. The maximum Gasteiger partial charge on any atom is 0.350 e. The number of benzene rings is 2. The molecule has 1 fully saturated rings. The molecule has 1 aliphatic rings. The summed E-state index contributed by atoms with van der Waals surface area (Å²) in [6.45, 7) is 13.5. The summed E-state index contributed by atoms with van der Waals surface area (Å²) < 4.78 is 10.8. The number of Topliss-reactive ketones (excluding diaryl/α,β-unsaturated/α-hetero) is 1. The van der Waals surface area contributed by atoms with Gasteiger partial charge >= 0.3 is 11.9 Å². The Morgan fingerprint density at radius 3 is 2.48 bits per heavy atom. The highest BCUT2D eigenvalue weighted by Crippen LogP contribution is 2.44. The fourth-order valence-electron chi connectivity index (χ4n) is 4.54. The molecule has 0 radical (unpaired) electrons. The summed E-state index contributed by atoms with van der Waals surface area (Å²) in [5.74, 6) is -1.65. The van der Waals surface area contributed by atoms with Gasteiger partial charge in [0.05, 0.1) is 23.9 Å². The molecule has 8 nitrogen and oxygen atoms in total. The molecule has 1 N–H and O–H groups in total. The number of thiazole rings is 1. The number of rotatable bonds is 9. The van der Waals surface area contributed by atoms with E-state index in [2.05, 4.69) is 25.4 Å². The summed E-state index contributed by atoms with van der Waals surface area (Å²) in [4.78, 5) is 45.5. The molecule has 1 aliphatic heterocycles. The number of hydrogen-bond acceptors (Lipinski definition) is 8. The van der Waals surface area contributed by atoms with Gasteiger partial charge in [0.2, 0.25) is 0 Å². The van der Waals surface area contributed by atoms with Crippen LogP contribution in [-0.2, 0) is 14.3 Å². The van der Waals surface area contributed by atoms with Gasteiger partial charge in [-0.2, -0.15) is 0 Å². The molecule has 2 aromatic carbocycles. The van der Waals surface area contributed by atoms with Gasteiger partial charge in [-0.3, -0.25) is 14.5 Å². The van der Waals surface area contributed by atoms with E-state index >= 15 is 0 Å². The number of esters is 1. The van der Waals surface area contributed by atoms with Crippen LogP contribution in [0.4, 0.5) is 5.13 Å². The zero-order valence-corrected chi connectivity index (χ0v) is 24.0. The second kappa shape index (κ2) is 11.9. The highest BCUT2D eigenvalue weighted by Gasteiger charge is 2.48. The topological polar surface area (TPSA) is 106 Å². The standard InChI is InChI=1S/C31H32N2O6S/c1-7-15-39-23-14-13-22(16-18(23)5)26(34)24-25(21-11-9-20(10-12-21)17(3)4)33(29(36)27(24)35)31-32-19(6)28(40-31)30(37)38-8-2/h7,9-14,16-17,25,34H,1,8,15H2,2-6H3/b26-24-. The third kappa shape index (κ3) is 5.42. The van der Waals surface area contributed by atoms with E-state index in [0.29, 0.717) is 29.2 Å². The summed E-state index contributed by atoms with van der Waals surface area (Å²) in [6.07, 6.45) is 1.63. The average molecular weight is 561 g/mol. The number of ketones is 1. The Morgan fingerprint density at radius 2 is 1.88 bits per heavy atom. The lowest BCUT2D eigenvalue weighted by Gasteiger charge is -2.23. The Hall–Kier alpha value is -4.24. The Labute approximate surface area is 237 Å². The highest BCUT2D eigenvalue weighted by molar-refractivity contribution is 7.17. The molecule has 1 amide bonds. The molecular weight excluding hydrogens is 528 g/mol. The summed E-state index contributed by atoms with van der Waals surface area (Å²) in [5, 5.41) is 11.7. The number of aryl methyl sites for hydroxylation is 2. The van der Waals surface area contributed by atoms with E-state index in [9.17, 15) is 19.5 Å². The van der Waals surface area contributed by atoms with Crippen molar-refractivity contribution in [3.8, 4) is 5.75 Å². The van der Waals surface area contributed by atoms with E-state index in [0.717, 1.165) is 22.5 Å². The first-order valence-corrected chi connectivity index (χ1v) is 13.8. The Balaban J connectivity index is 1.88. The number of hydrogen-bond donors (Lipinski definition) is 1. The Kier molecular flexibility index (Phi) is 8.54. The van der Waals surface area contributed by atoms with Crippen LogP contribution in [0.1, 0.15) is 70.4 Å². The van der Waals surface area contributed by atoms with Crippen LogP contribution in [-0.4, -0.2) is 41.0 Å². The van der Waals surface area contributed by atoms with Crippen molar-refractivity contribution in [2.45, 2.75) is 46.6 Å². The second-order valence-corrected chi connectivity index (χ2v) is 10.7. The predicted molar refractivity (Wildman–Crippen MR) is 155 cm³/mol. The second-order valence-electron chi connectivity index (χ2n) is 9.70. The fourth-order valence-corrected chi connectivity index (χ4v) is 5.53. The average Bonchev–Trinajstić information content (AvgIpc) is 3.44. The molecule has 3 aromatic rings. The van der Waals surface area contributed by atoms with Crippen molar-refractivity contribution in [3.63, 3.8) is 0 Å². The van der Waals surface area contributed by atoms with Gasteiger partial charge in [0.1, 0.15) is 23.0 Å². The molecule has 40 heavy (non-hydrogen) atoms. The first-order valence-electron chi connectivity index (χ1n) is 13.0. The van der Waals surface area contributed by atoms with Gasteiger partial charge in [0.25, 0.3) is 5.78 Å². The molecule has 208 valence electrons. The van der Waals surface area contributed by atoms with Gasteiger partial charge in [-0.25, -0.2) is 9.78 Å². The van der Waals surface area contributed by atoms with E-state index in [4.69, 9.17) is 9.47 Å². The minimum Gasteiger partial charge on any atom is -0.507 e. The molecular formula is C31H32N2O6S. The van der Waals surface area contributed by atoms with E-state index in [1.807, 2.05) is 31.2 Å². The first-order chi connectivity index (χ1) is 19.1. The van der Waals surface area contributed by atoms with Crippen LogP contribution >= 0.6 is 11.3 Å². The van der Waals surface area contributed by atoms with Crippen LogP contribution in [0.3, 0.4) is 0 Å². The fraction of sp³-hybridized carbons (Fsp3) is 0.290. The molecule has 0 aliphatic carbocycles. The van der Waals surface area contributed by atoms with Crippen molar-refractivity contribution in [2.24, 2.45) is 0 Å². The van der Waals surface area contributed by atoms with Crippen LogP contribution in [0.25, 0.3) is 5.76 Å². The van der Waals surface area contributed by atoms with E-state index in [-0.39, 0.29) is 33.9 Å². The Morgan fingerprint density at radius 1 is 1.18 bits per heavy atom. The van der Waals surface area contributed by atoms with Gasteiger partial charge in [-0.15, -0.1) is 0 Å². The molecule has 9 heteroatoms. The monoisotopic (exact) mass is 560 g/mol. The van der Waals surface area contributed by atoms with E-state index in [1.165, 1.54) is 4.90 Å². The highest BCUT2D eigenvalue weighted by atomic mass is 32.1. The molecule has 1 saturated heterocycles. The van der Waals surface area contributed by atoms with Crippen molar-refractivity contribution in [2.75, 3.05) is 18.1 Å². The SMILES string of the molecule is C=CCOc1ccc(/C(O)=C2/C(=O)C(=O)N(c3nc(C)c(C(=O)OCC)s3)C2c2ccc(C(C)C)cc2)cc1C. The summed E-state index contributed by atoms with van der Waals surface area (Å²) >= 11 is 0.977. The number of nitrogens with zero attached hydrogens (tertiary/aromatic N) is 2. The quantitative estimate of drug-likeness (QED) is 0.108. The summed E-state index contributed by atoms with van der Waals surface area (Å²) in [7, 11) is 0. The third-order valence-electron chi connectivity index (χ3n) is 6.62. The zero-order valence-electron chi connectivity index (χ0n) is 23.2. The van der Waals surface area contributed by atoms with Crippen LogP contribution in [0, 0.1) is 13.8 Å². The number of aromatic nitrogens is 1. The number of ether oxygens (including phenoxy) is 2. The van der Waals surface area contributed by atoms with Crippen molar-refractivity contribution in [1.29, 1.82) is 0 Å². The van der Waals surface area contributed by atoms with Crippen LogP contribution < -0.4 is 9.64 Å². The first kappa shape index (κ1) is 28.8. The van der Waals surface area contributed by atoms with E-state index < -0.39 is 23.7 Å². The van der Waals surface area contributed by atoms with Crippen LogP contribution in [0.15, 0.2) is 60.7 Å². The lowest BCUT2D eigenvalue weighted by molar-refractivity contribution is -0.132. The van der Waals surface area contributed by atoms with Crippen LogP contribution in [0.2, 0.25) is 0 Å². The van der Waals surface area contributed by atoms with Crippen molar-refractivity contribution >= 4 is 39.9 Å². The van der Waals surface area contributed by atoms with Gasteiger partial charge in [-0.05, 0) is 61.6 Å². The maximum atomic E-state index is 13.5. The lowest BCUT2D eigenvalue weighted by Crippen LogP contribution is -2.29. The van der Waals surface area contributed by atoms with Crippen molar-refractivity contribution in [1.82, 2.24) is 4.98 Å². The number of anilines is 1. The lowest BCUT2D eigenvalue weighted by atomic mass is 9.93. The van der Waals surface area contributed by atoms with E-state index in [1.54, 1.807) is 38.1 Å². The predicted octanol–water partition coefficient (Wildman–Crippen LogP) is 6.25. The maximum absolute atomic E-state index is 13.5. The molecule has 0 saturated carbocycles. The number of aliphatic hydroxyl groups excluding tert-OH is 1. The molecule has 0 spiro atoms. The van der Waals surface area contributed by atoms with Crippen molar-refractivity contribution < 1.29 is 29.0 Å². The van der Waals surface area contributed by atoms with Gasteiger partial charge in [0.15, 0.2) is 5.13 Å². The largest absolute Gasteiger partial charge is 0.507 e. The molecule has 4 rings (SSSR count). The number of amides is 1. The van der Waals surface area contributed by atoms with Gasteiger partial charge in [0, 0.05) is 5.56 Å². The third-order valence-corrected chi connectivity index (χ3v) is 7.76. The Bertz CT molecular complexity index is 1500. The smallest absolute Gasteiger partial charge is 0.350 e. The molecule has 0 bridgehead atoms. The molecule has 2 heterocycles. The minimum atomic E-state index is -0.959. The van der Waals surface area contributed by atoms with Crippen LogP contribution in [0.5, 0.6) is 5.75 Å². The minimum absolute atomic E-state index is 0.0630. The number of carbonyl (C=O) groups excluding carboxylic acids is 3. The molecule has 1 unspecified atom stereocenters. The van der Waals surface area contributed by atoms with Gasteiger partial charge < -0.3 is 14.6 Å². The zero-order chi connectivity index (χ0) is 29.1. The molecule has 1 aromatic heterocycles. The summed E-state index contributed by atoms with van der Waals surface area (Å²) in [6, 6.07) is 11.6. The van der Waals surface area contributed by atoms with Crippen molar-refractivity contribution in [3.05, 3.63) is 93.5 Å². The molecule has 1 atom stereocenters.